The smallest absolute Gasteiger partial charge is 0.410 e. The first-order chi connectivity index (χ1) is 20.5. The summed E-state index contributed by atoms with van der Waals surface area (Å²) in [4.78, 5) is 74.0. The average Bonchev–Trinajstić information content (AvgIpc) is 3.62. The van der Waals surface area contributed by atoms with Crippen LogP contribution in [-0.4, -0.2) is 79.8 Å². The number of ether oxygens (including phenoxy) is 2. The van der Waals surface area contributed by atoms with Crippen molar-refractivity contribution >= 4 is 46.3 Å². The first kappa shape index (κ1) is 31.2. The van der Waals surface area contributed by atoms with Gasteiger partial charge in [-0.2, -0.15) is 0 Å². The van der Waals surface area contributed by atoms with E-state index in [2.05, 4.69) is 5.32 Å². The number of rotatable bonds is 9. The molecule has 0 radical (unpaired) electrons. The number of alkyl carbamates (subject to hydrolysis) is 1. The Morgan fingerprint density at radius 3 is 2.00 bits per heavy atom. The number of hydrogen-bond acceptors (Lipinski definition) is 11. The second-order valence-electron chi connectivity index (χ2n) is 10.0. The third kappa shape index (κ3) is 8.41. The lowest BCUT2D eigenvalue weighted by Crippen LogP contribution is -2.48. The number of carbonyl (C=O) groups excluding carboxylic acids is 4. The van der Waals surface area contributed by atoms with Crippen molar-refractivity contribution in [2.24, 2.45) is 0 Å². The summed E-state index contributed by atoms with van der Waals surface area (Å²) in [7, 11) is 0. The van der Waals surface area contributed by atoms with Gasteiger partial charge in [0.2, 0.25) is 5.91 Å². The van der Waals surface area contributed by atoms with Crippen LogP contribution >= 0.6 is 11.8 Å². The van der Waals surface area contributed by atoms with Crippen LogP contribution in [0.25, 0.3) is 0 Å². The van der Waals surface area contributed by atoms with Crippen LogP contribution < -0.4 is 5.32 Å². The van der Waals surface area contributed by atoms with Crippen LogP contribution in [0, 0.1) is 20.2 Å². The van der Waals surface area contributed by atoms with E-state index in [1.54, 1.807) is 4.90 Å². The monoisotopic (exact) mass is 615 g/mol. The molecule has 15 nitrogen and oxygen atoms in total. The van der Waals surface area contributed by atoms with Crippen molar-refractivity contribution in [2.75, 3.05) is 19.6 Å². The highest BCUT2D eigenvalue weighted by molar-refractivity contribution is 8.14. The largest absolute Gasteiger partial charge is 0.445 e. The second-order valence-corrected chi connectivity index (χ2v) is 11.5. The lowest BCUT2D eigenvalue weighted by atomic mass is 10.2. The Morgan fingerprint density at radius 1 is 0.907 bits per heavy atom. The fourth-order valence-corrected chi connectivity index (χ4v) is 5.84. The average molecular weight is 616 g/mol. The van der Waals surface area contributed by atoms with Gasteiger partial charge in [-0.3, -0.25) is 34.7 Å². The molecule has 3 atom stereocenters. The fourth-order valence-electron chi connectivity index (χ4n) is 4.86. The molecule has 0 aliphatic carbocycles. The molecular weight excluding hydrogens is 586 g/mol. The molecule has 0 aromatic heterocycles. The first-order valence-corrected chi connectivity index (χ1v) is 14.2. The van der Waals surface area contributed by atoms with Crippen LogP contribution in [0.5, 0.6) is 0 Å². The number of thioether (sulfide) groups is 1. The molecule has 2 heterocycles. The molecule has 2 fully saturated rings. The number of nitrogens with one attached hydrogen (secondary N) is 1. The minimum absolute atomic E-state index is 0.0753. The minimum atomic E-state index is -0.867. The highest BCUT2D eigenvalue weighted by atomic mass is 32.2. The molecule has 2 aromatic carbocycles. The number of nitro groups is 2. The van der Waals surface area contributed by atoms with Crippen LogP contribution in [0.2, 0.25) is 0 Å². The number of benzene rings is 2. The Kier molecular flexibility index (Phi) is 10.1. The minimum Gasteiger partial charge on any atom is -0.445 e. The van der Waals surface area contributed by atoms with Gasteiger partial charge >= 0.3 is 12.2 Å². The second kappa shape index (κ2) is 14.0. The Bertz CT molecular complexity index is 1390. The predicted octanol–water partition coefficient (Wildman–Crippen LogP) is 3.39. The SMILES string of the molecule is CC(=O)S[C@H]1C[C@@H](C(=O)N2CC[C@@H](NC(=O)OCc3ccc([N+](=O)[O-])cc3)C2)N(C(=O)OCc2ccc([N+](=O)[O-])cc2)C1. The van der Waals surface area contributed by atoms with Crippen molar-refractivity contribution in [3.8, 4) is 0 Å². The predicted molar refractivity (Wildman–Crippen MR) is 152 cm³/mol. The van der Waals surface area contributed by atoms with Crippen molar-refractivity contribution in [1.29, 1.82) is 0 Å². The van der Waals surface area contributed by atoms with E-state index in [1.807, 2.05) is 0 Å². The normalized spacial score (nSPS) is 19.5. The van der Waals surface area contributed by atoms with Crippen molar-refractivity contribution in [3.05, 3.63) is 79.9 Å². The summed E-state index contributed by atoms with van der Waals surface area (Å²) in [5, 5.41) is 23.9. The van der Waals surface area contributed by atoms with E-state index >= 15 is 0 Å². The number of carbonyl (C=O) groups is 4. The van der Waals surface area contributed by atoms with Crippen molar-refractivity contribution < 1.29 is 38.5 Å². The van der Waals surface area contributed by atoms with Gasteiger partial charge in [-0.1, -0.05) is 11.8 Å². The maximum Gasteiger partial charge on any atom is 0.410 e. The molecule has 16 heteroatoms. The summed E-state index contributed by atoms with van der Waals surface area (Å²) in [6.45, 7) is 1.82. The maximum absolute atomic E-state index is 13.5. The van der Waals surface area contributed by atoms with Crippen molar-refractivity contribution in [2.45, 2.75) is 50.3 Å². The Balaban J connectivity index is 1.31. The molecule has 4 rings (SSSR count). The third-order valence-corrected chi connectivity index (χ3v) is 7.97. The number of non-ortho nitro benzene ring substituents is 2. The number of amides is 3. The van der Waals surface area contributed by atoms with Crippen LogP contribution in [0.15, 0.2) is 48.5 Å². The summed E-state index contributed by atoms with van der Waals surface area (Å²) in [5.41, 5.74) is 0.933. The zero-order chi connectivity index (χ0) is 31.1. The quantitative estimate of drug-likeness (QED) is 0.321. The summed E-state index contributed by atoms with van der Waals surface area (Å²) in [6.07, 6.45) is -0.733. The lowest BCUT2D eigenvalue weighted by Gasteiger charge is -2.27. The van der Waals surface area contributed by atoms with E-state index in [0.29, 0.717) is 24.1 Å². The Morgan fingerprint density at radius 2 is 1.47 bits per heavy atom. The summed E-state index contributed by atoms with van der Waals surface area (Å²) in [5.74, 6) is -0.331. The molecule has 2 aliphatic rings. The van der Waals surface area contributed by atoms with Crippen LogP contribution in [0.3, 0.4) is 0 Å². The molecule has 0 spiro atoms. The molecule has 1 N–H and O–H groups in total. The van der Waals surface area contributed by atoms with Crippen LogP contribution in [0.4, 0.5) is 21.0 Å². The van der Waals surface area contributed by atoms with Gasteiger partial charge in [0.05, 0.1) is 15.9 Å². The maximum atomic E-state index is 13.5. The van der Waals surface area contributed by atoms with Gasteiger partial charge < -0.3 is 19.7 Å². The Hall–Kier alpha value is -4.73. The molecule has 43 heavy (non-hydrogen) atoms. The standard InChI is InChI=1S/C27H29N5O10S/c1-17(33)43-23-12-24(30(14-23)27(36)42-16-19-4-8-22(9-5-19)32(39)40)25(34)29-11-10-20(13-29)28-26(35)41-15-18-2-6-21(7-3-18)31(37)38/h2-9,20,23-24H,10-16H2,1H3,(H,28,35)/t20-,23+,24+/m1/s1. The number of nitro benzene ring substituents is 2. The number of nitrogens with zero attached hydrogens (tertiary/aromatic N) is 4. The third-order valence-electron chi connectivity index (χ3n) is 6.96. The van der Waals surface area contributed by atoms with Gasteiger partial charge in [0.25, 0.3) is 11.4 Å². The van der Waals surface area contributed by atoms with Gasteiger partial charge in [0.1, 0.15) is 19.3 Å². The molecule has 3 amide bonds. The molecular formula is C27H29N5O10S. The summed E-state index contributed by atoms with van der Waals surface area (Å²) >= 11 is 1.05. The van der Waals surface area contributed by atoms with E-state index in [1.165, 1.54) is 60.4 Å². The first-order valence-electron chi connectivity index (χ1n) is 13.3. The molecule has 0 bridgehead atoms. The van der Waals surface area contributed by atoms with E-state index < -0.39 is 28.1 Å². The summed E-state index contributed by atoms with van der Waals surface area (Å²) in [6, 6.07) is 9.90. The van der Waals surface area contributed by atoms with Crippen molar-refractivity contribution in [3.63, 3.8) is 0 Å². The van der Waals surface area contributed by atoms with E-state index in [0.717, 1.165) is 11.8 Å². The van der Waals surface area contributed by atoms with E-state index in [9.17, 15) is 39.4 Å². The van der Waals surface area contributed by atoms with Gasteiger partial charge in [0.15, 0.2) is 5.12 Å². The van der Waals surface area contributed by atoms with Crippen LogP contribution in [0.1, 0.15) is 30.9 Å². The highest BCUT2D eigenvalue weighted by Crippen LogP contribution is 2.31. The molecule has 0 saturated carbocycles. The van der Waals surface area contributed by atoms with Crippen LogP contribution in [-0.2, 0) is 32.3 Å². The molecule has 0 unspecified atom stereocenters. The molecule has 2 aliphatic heterocycles. The Labute approximate surface area is 249 Å². The topological polar surface area (TPSA) is 192 Å². The van der Waals surface area contributed by atoms with Gasteiger partial charge in [-0.05, 0) is 48.2 Å². The molecule has 2 saturated heterocycles. The van der Waals surface area contributed by atoms with Crippen molar-refractivity contribution in [1.82, 2.24) is 15.1 Å². The van der Waals surface area contributed by atoms with Gasteiger partial charge in [-0.15, -0.1) is 0 Å². The molecule has 2 aromatic rings. The summed E-state index contributed by atoms with van der Waals surface area (Å²) < 4.78 is 10.6. The van der Waals surface area contributed by atoms with Gasteiger partial charge in [0, 0.05) is 56.1 Å². The van der Waals surface area contributed by atoms with Gasteiger partial charge in [-0.25, -0.2) is 9.59 Å². The number of likely N-dealkylation sites (tertiary alicyclic amines) is 2. The number of hydrogen-bond donors (Lipinski definition) is 1. The van der Waals surface area contributed by atoms with E-state index in [4.69, 9.17) is 9.47 Å². The molecule has 228 valence electrons. The highest BCUT2D eigenvalue weighted by Gasteiger charge is 2.44. The van der Waals surface area contributed by atoms with E-state index in [-0.39, 0.29) is 66.4 Å². The lowest BCUT2D eigenvalue weighted by molar-refractivity contribution is -0.385. The zero-order valence-electron chi connectivity index (χ0n) is 23.1. The zero-order valence-corrected chi connectivity index (χ0v) is 23.9. The fraction of sp³-hybridized carbons (Fsp3) is 0.407.